The summed E-state index contributed by atoms with van der Waals surface area (Å²) in [5.74, 6) is -1.51. The fraction of sp³-hybridized carbons (Fsp3) is 0.462. The van der Waals surface area contributed by atoms with Gasteiger partial charge >= 0.3 is 0 Å². The van der Waals surface area contributed by atoms with Gasteiger partial charge in [0.25, 0.3) is 0 Å². The minimum absolute atomic E-state index is 0.0298. The van der Waals surface area contributed by atoms with Gasteiger partial charge in [0.15, 0.2) is 11.6 Å². The van der Waals surface area contributed by atoms with E-state index in [2.05, 4.69) is 5.32 Å². The van der Waals surface area contributed by atoms with Crippen molar-refractivity contribution in [3.8, 4) is 6.07 Å². The fourth-order valence-corrected chi connectivity index (χ4v) is 1.54. The number of likely N-dealkylation sites (N-methyl/N-ethyl adjacent to an activating group) is 1. The van der Waals surface area contributed by atoms with Crippen molar-refractivity contribution in [1.29, 1.82) is 5.26 Å². The first kappa shape index (κ1) is 15.3. The zero-order valence-corrected chi connectivity index (χ0v) is 11.0. The van der Waals surface area contributed by atoms with Crippen LogP contribution in [0.2, 0.25) is 0 Å². The first-order valence-electron chi connectivity index (χ1n) is 5.89. The molecule has 0 amide bonds. The van der Waals surface area contributed by atoms with Crippen LogP contribution in [0.4, 0.5) is 14.5 Å². The second kappa shape index (κ2) is 7.67. The van der Waals surface area contributed by atoms with E-state index in [1.807, 2.05) is 11.9 Å². The number of benzene rings is 1. The molecule has 1 aromatic carbocycles. The third-order valence-corrected chi connectivity index (χ3v) is 2.64. The van der Waals surface area contributed by atoms with E-state index in [-0.39, 0.29) is 11.3 Å². The molecule has 0 unspecified atom stereocenters. The van der Waals surface area contributed by atoms with Crippen LogP contribution >= 0.6 is 0 Å². The van der Waals surface area contributed by atoms with E-state index in [1.165, 1.54) is 0 Å². The Morgan fingerprint density at radius 3 is 2.47 bits per heavy atom. The maximum Gasteiger partial charge on any atom is 0.150 e. The predicted molar refractivity (Wildman–Crippen MR) is 68.9 cm³/mol. The van der Waals surface area contributed by atoms with Gasteiger partial charge in [-0.3, -0.25) is 0 Å². The van der Waals surface area contributed by atoms with Crippen LogP contribution < -0.4 is 5.32 Å². The van der Waals surface area contributed by atoms with E-state index in [0.29, 0.717) is 19.7 Å². The molecule has 1 rings (SSSR count). The molecule has 0 spiro atoms. The topological polar surface area (TPSA) is 48.3 Å². The van der Waals surface area contributed by atoms with Crippen LogP contribution in [0.25, 0.3) is 0 Å². The van der Waals surface area contributed by atoms with Crippen LogP contribution in [0.1, 0.15) is 5.56 Å². The number of rotatable bonds is 7. The molecule has 0 heterocycles. The number of halogens is 2. The van der Waals surface area contributed by atoms with Crippen molar-refractivity contribution in [2.75, 3.05) is 45.7 Å². The van der Waals surface area contributed by atoms with Gasteiger partial charge in [-0.1, -0.05) is 0 Å². The van der Waals surface area contributed by atoms with Crippen molar-refractivity contribution in [3.05, 3.63) is 29.3 Å². The number of nitrogens with one attached hydrogen (secondary N) is 1. The van der Waals surface area contributed by atoms with E-state index >= 15 is 0 Å². The third-order valence-electron chi connectivity index (χ3n) is 2.64. The lowest BCUT2D eigenvalue weighted by Crippen LogP contribution is -2.28. The molecule has 4 nitrogen and oxygen atoms in total. The number of nitrogens with zero attached hydrogens (tertiary/aromatic N) is 2. The standard InChI is InChI=1S/C13H17F2N3O/c1-18(5-6-19-2)4-3-17-13-11(14)7-10(9-16)8-12(13)15/h7-8,17H,3-6H2,1-2H3. The molecule has 0 atom stereocenters. The molecule has 0 radical (unpaired) electrons. The molecule has 1 aromatic rings. The summed E-state index contributed by atoms with van der Waals surface area (Å²) in [6.07, 6.45) is 0. The Balaban J connectivity index is 2.52. The monoisotopic (exact) mass is 269 g/mol. The summed E-state index contributed by atoms with van der Waals surface area (Å²) in [5.41, 5.74) is -0.225. The summed E-state index contributed by atoms with van der Waals surface area (Å²) in [5, 5.41) is 11.3. The smallest absolute Gasteiger partial charge is 0.150 e. The molecule has 104 valence electrons. The first-order chi connectivity index (χ1) is 9.08. The molecular formula is C13H17F2N3O. The predicted octanol–water partition coefficient (Wildman–Crippen LogP) is 1.83. The normalized spacial score (nSPS) is 10.5. The zero-order valence-electron chi connectivity index (χ0n) is 11.0. The van der Waals surface area contributed by atoms with Gasteiger partial charge in [0.1, 0.15) is 5.69 Å². The Labute approximate surface area is 111 Å². The largest absolute Gasteiger partial charge is 0.383 e. The Hall–Kier alpha value is -1.71. The minimum atomic E-state index is -0.754. The van der Waals surface area contributed by atoms with E-state index in [9.17, 15) is 8.78 Å². The molecule has 0 fully saturated rings. The van der Waals surface area contributed by atoms with E-state index in [4.69, 9.17) is 10.00 Å². The second-order valence-corrected chi connectivity index (χ2v) is 4.15. The summed E-state index contributed by atoms with van der Waals surface area (Å²) in [6, 6.07) is 3.73. The van der Waals surface area contributed by atoms with Crippen molar-refractivity contribution in [2.24, 2.45) is 0 Å². The highest BCUT2D eigenvalue weighted by Gasteiger charge is 2.10. The van der Waals surface area contributed by atoms with Gasteiger partial charge in [-0.05, 0) is 19.2 Å². The summed E-state index contributed by atoms with van der Waals surface area (Å²) in [6.45, 7) is 2.38. The van der Waals surface area contributed by atoms with Crippen LogP contribution in [0.3, 0.4) is 0 Å². The average molecular weight is 269 g/mol. The van der Waals surface area contributed by atoms with E-state index in [0.717, 1.165) is 18.7 Å². The van der Waals surface area contributed by atoms with Gasteiger partial charge in [-0.25, -0.2) is 8.78 Å². The van der Waals surface area contributed by atoms with Crippen molar-refractivity contribution in [3.63, 3.8) is 0 Å². The van der Waals surface area contributed by atoms with E-state index in [1.54, 1.807) is 13.2 Å². The third kappa shape index (κ3) is 4.81. The highest BCUT2D eigenvalue weighted by Crippen LogP contribution is 2.20. The van der Waals surface area contributed by atoms with Gasteiger partial charge < -0.3 is 15.0 Å². The van der Waals surface area contributed by atoms with Crippen LogP contribution in [0, 0.1) is 23.0 Å². The molecule has 1 N–H and O–H groups in total. The zero-order chi connectivity index (χ0) is 14.3. The Kier molecular flexibility index (Phi) is 6.19. The van der Waals surface area contributed by atoms with Gasteiger partial charge in [0.05, 0.1) is 18.2 Å². The summed E-state index contributed by atoms with van der Waals surface area (Å²) < 4.78 is 32.0. The molecular weight excluding hydrogens is 252 g/mol. The van der Waals surface area contributed by atoms with Crippen molar-refractivity contribution in [2.45, 2.75) is 0 Å². The summed E-state index contributed by atoms with van der Waals surface area (Å²) in [7, 11) is 3.51. The van der Waals surface area contributed by atoms with E-state index < -0.39 is 11.6 Å². The summed E-state index contributed by atoms with van der Waals surface area (Å²) in [4.78, 5) is 1.98. The van der Waals surface area contributed by atoms with Gasteiger partial charge in [-0.15, -0.1) is 0 Å². The Morgan fingerprint density at radius 1 is 1.32 bits per heavy atom. The number of ether oxygens (including phenoxy) is 1. The highest BCUT2D eigenvalue weighted by atomic mass is 19.1. The number of nitriles is 1. The quantitative estimate of drug-likeness (QED) is 0.820. The lowest BCUT2D eigenvalue weighted by Gasteiger charge is -2.17. The highest BCUT2D eigenvalue weighted by molar-refractivity contribution is 5.50. The van der Waals surface area contributed by atoms with Crippen molar-refractivity contribution in [1.82, 2.24) is 4.90 Å². The number of hydrogen-bond donors (Lipinski definition) is 1. The van der Waals surface area contributed by atoms with Gasteiger partial charge in [-0.2, -0.15) is 5.26 Å². The van der Waals surface area contributed by atoms with Gasteiger partial charge in [0, 0.05) is 26.7 Å². The van der Waals surface area contributed by atoms with Crippen LogP contribution in [0.15, 0.2) is 12.1 Å². The maximum atomic E-state index is 13.5. The molecule has 0 aliphatic carbocycles. The van der Waals surface area contributed by atoms with Crippen molar-refractivity contribution < 1.29 is 13.5 Å². The molecule has 0 saturated heterocycles. The lowest BCUT2D eigenvalue weighted by atomic mass is 10.2. The molecule has 6 heteroatoms. The van der Waals surface area contributed by atoms with Crippen LogP contribution in [-0.2, 0) is 4.74 Å². The molecule has 0 saturated carbocycles. The van der Waals surface area contributed by atoms with Gasteiger partial charge in [0.2, 0.25) is 0 Å². The number of anilines is 1. The fourth-order valence-electron chi connectivity index (χ4n) is 1.54. The summed E-state index contributed by atoms with van der Waals surface area (Å²) >= 11 is 0. The number of methoxy groups -OCH3 is 1. The molecule has 0 aliphatic rings. The molecule has 0 bridgehead atoms. The molecule has 0 aromatic heterocycles. The van der Waals surface area contributed by atoms with Crippen LogP contribution in [0.5, 0.6) is 0 Å². The Bertz CT molecular complexity index is 437. The molecule has 19 heavy (non-hydrogen) atoms. The van der Waals surface area contributed by atoms with Crippen molar-refractivity contribution >= 4 is 5.69 Å². The van der Waals surface area contributed by atoms with Crippen LogP contribution in [-0.4, -0.2) is 45.3 Å². The molecule has 0 aliphatic heterocycles. The maximum absolute atomic E-state index is 13.5. The second-order valence-electron chi connectivity index (χ2n) is 4.15. The minimum Gasteiger partial charge on any atom is -0.383 e. The lowest BCUT2D eigenvalue weighted by molar-refractivity contribution is 0.163. The number of hydrogen-bond acceptors (Lipinski definition) is 4. The Morgan fingerprint density at radius 2 is 1.95 bits per heavy atom. The average Bonchev–Trinajstić information content (AvgIpc) is 2.39. The first-order valence-corrected chi connectivity index (χ1v) is 5.89. The SMILES string of the molecule is COCCN(C)CCNc1c(F)cc(C#N)cc1F.